The van der Waals surface area contributed by atoms with Gasteiger partial charge in [0.05, 0.1) is 17.4 Å². The van der Waals surface area contributed by atoms with E-state index in [1.54, 1.807) is 0 Å². The van der Waals surface area contributed by atoms with Crippen LogP contribution < -0.4 is 10.9 Å². The number of benzene rings is 2. The summed E-state index contributed by atoms with van der Waals surface area (Å²) in [6, 6.07) is 10.5. The van der Waals surface area contributed by atoms with Gasteiger partial charge in [-0.05, 0) is 36.4 Å². The number of halogens is 4. The van der Waals surface area contributed by atoms with Crippen molar-refractivity contribution in [2.24, 2.45) is 0 Å². The summed E-state index contributed by atoms with van der Waals surface area (Å²) in [4.78, 5) is 15.9. The summed E-state index contributed by atoms with van der Waals surface area (Å²) >= 11 is 0. The van der Waals surface area contributed by atoms with Crippen LogP contribution in [0.5, 0.6) is 0 Å². The maximum atomic E-state index is 12.9. The second kappa shape index (κ2) is 8.12. The van der Waals surface area contributed by atoms with Crippen LogP contribution in [-0.4, -0.2) is 10.9 Å². The number of aromatic nitrogens is 1. The van der Waals surface area contributed by atoms with Gasteiger partial charge in [0.1, 0.15) is 5.82 Å². The molecule has 3 rings (SSSR count). The SMILES string of the molecule is O=C(CCc1ncc(-c2ccc(F)cc2)o1)NNc1ccccc1C(F)(F)F. The first-order valence-electron chi connectivity index (χ1n) is 8.24. The van der Waals surface area contributed by atoms with E-state index in [1.165, 1.54) is 48.7 Å². The van der Waals surface area contributed by atoms with Crippen molar-refractivity contribution < 1.29 is 26.8 Å². The molecule has 0 atom stereocenters. The minimum absolute atomic E-state index is 0.0510. The number of oxazole rings is 1. The Kier molecular flexibility index (Phi) is 5.62. The number of hydrazine groups is 1. The van der Waals surface area contributed by atoms with E-state index in [2.05, 4.69) is 15.8 Å². The van der Waals surface area contributed by atoms with E-state index < -0.39 is 17.6 Å². The zero-order valence-electron chi connectivity index (χ0n) is 14.4. The molecule has 0 bridgehead atoms. The van der Waals surface area contributed by atoms with E-state index >= 15 is 0 Å². The highest BCUT2D eigenvalue weighted by molar-refractivity contribution is 5.77. The molecule has 0 aliphatic carbocycles. The predicted octanol–water partition coefficient (Wildman–Crippen LogP) is 4.58. The van der Waals surface area contributed by atoms with E-state index in [-0.39, 0.29) is 30.2 Å². The number of anilines is 1. The number of hydrogen-bond donors (Lipinski definition) is 2. The summed E-state index contributed by atoms with van der Waals surface area (Å²) in [5.41, 5.74) is 4.01. The summed E-state index contributed by atoms with van der Waals surface area (Å²) in [5.74, 6) is -0.198. The van der Waals surface area contributed by atoms with Gasteiger partial charge in [-0.1, -0.05) is 12.1 Å². The van der Waals surface area contributed by atoms with Gasteiger partial charge in [0.2, 0.25) is 5.91 Å². The smallest absolute Gasteiger partial charge is 0.418 e. The zero-order chi connectivity index (χ0) is 20.1. The highest BCUT2D eigenvalue weighted by Gasteiger charge is 2.33. The monoisotopic (exact) mass is 393 g/mol. The molecule has 0 spiro atoms. The molecular formula is C19H15F4N3O2. The van der Waals surface area contributed by atoms with Crippen molar-refractivity contribution in [3.8, 4) is 11.3 Å². The molecule has 0 aliphatic heterocycles. The second-order valence-electron chi connectivity index (χ2n) is 5.84. The Hall–Kier alpha value is -3.36. The van der Waals surface area contributed by atoms with Crippen LogP contribution in [0.15, 0.2) is 59.1 Å². The summed E-state index contributed by atoms with van der Waals surface area (Å²) in [7, 11) is 0. The van der Waals surface area contributed by atoms with E-state index in [1.807, 2.05) is 0 Å². The van der Waals surface area contributed by atoms with E-state index in [9.17, 15) is 22.4 Å². The lowest BCUT2D eigenvalue weighted by atomic mass is 10.2. The first-order valence-corrected chi connectivity index (χ1v) is 8.24. The number of rotatable bonds is 6. The molecule has 1 aromatic heterocycles. The number of carbonyl (C=O) groups excluding carboxylic acids is 1. The van der Waals surface area contributed by atoms with Crippen LogP contribution in [0, 0.1) is 5.82 Å². The fourth-order valence-corrected chi connectivity index (χ4v) is 2.43. The van der Waals surface area contributed by atoms with Crippen LogP contribution in [-0.2, 0) is 17.4 Å². The molecule has 1 amide bonds. The highest BCUT2D eigenvalue weighted by atomic mass is 19.4. The predicted molar refractivity (Wildman–Crippen MR) is 93.4 cm³/mol. The fraction of sp³-hybridized carbons (Fsp3) is 0.158. The number of aryl methyl sites for hydroxylation is 1. The minimum Gasteiger partial charge on any atom is -0.441 e. The van der Waals surface area contributed by atoms with Gasteiger partial charge in [-0.2, -0.15) is 13.2 Å². The number of hydrogen-bond acceptors (Lipinski definition) is 4. The molecule has 5 nitrogen and oxygen atoms in total. The lowest BCUT2D eigenvalue weighted by Gasteiger charge is -2.14. The summed E-state index contributed by atoms with van der Waals surface area (Å²) in [6.45, 7) is 0. The number of nitrogens with one attached hydrogen (secondary N) is 2. The maximum Gasteiger partial charge on any atom is 0.418 e. The largest absolute Gasteiger partial charge is 0.441 e. The van der Waals surface area contributed by atoms with Crippen LogP contribution >= 0.6 is 0 Å². The third-order valence-electron chi connectivity index (χ3n) is 3.82. The molecule has 9 heteroatoms. The number of alkyl halides is 3. The Morgan fingerprint density at radius 2 is 1.79 bits per heavy atom. The van der Waals surface area contributed by atoms with Gasteiger partial charge < -0.3 is 4.42 Å². The van der Waals surface area contributed by atoms with Crippen LogP contribution in [0.3, 0.4) is 0 Å². The van der Waals surface area contributed by atoms with Crippen molar-refractivity contribution in [3.05, 3.63) is 72.0 Å². The number of para-hydroxylation sites is 1. The molecule has 3 aromatic rings. The van der Waals surface area contributed by atoms with Crippen LogP contribution in [0.4, 0.5) is 23.2 Å². The van der Waals surface area contributed by atoms with Gasteiger partial charge in [0.15, 0.2) is 11.7 Å². The number of amides is 1. The molecule has 2 N–H and O–H groups in total. The Bertz CT molecular complexity index is 952. The van der Waals surface area contributed by atoms with Crippen molar-refractivity contribution >= 4 is 11.6 Å². The molecule has 0 saturated carbocycles. The molecule has 0 fully saturated rings. The first kappa shape index (κ1) is 19.4. The number of carbonyl (C=O) groups is 1. The average molecular weight is 393 g/mol. The molecule has 0 aliphatic rings. The van der Waals surface area contributed by atoms with Gasteiger partial charge in [-0.3, -0.25) is 15.6 Å². The van der Waals surface area contributed by atoms with E-state index in [0.717, 1.165) is 6.07 Å². The highest BCUT2D eigenvalue weighted by Crippen LogP contribution is 2.34. The van der Waals surface area contributed by atoms with Crippen molar-refractivity contribution in [2.45, 2.75) is 19.0 Å². The second-order valence-corrected chi connectivity index (χ2v) is 5.84. The van der Waals surface area contributed by atoms with Gasteiger partial charge >= 0.3 is 6.18 Å². The van der Waals surface area contributed by atoms with Crippen LogP contribution in [0.25, 0.3) is 11.3 Å². The van der Waals surface area contributed by atoms with Crippen LogP contribution in [0.1, 0.15) is 17.9 Å². The van der Waals surface area contributed by atoms with Gasteiger partial charge in [-0.25, -0.2) is 9.37 Å². The zero-order valence-corrected chi connectivity index (χ0v) is 14.4. The Morgan fingerprint density at radius 3 is 2.50 bits per heavy atom. The average Bonchev–Trinajstić information content (AvgIpc) is 3.14. The fourth-order valence-electron chi connectivity index (χ4n) is 2.43. The van der Waals surface area contributed by atoms with Crippen molar-refractivity contribution in [1.29, 1.82) is 0 Å². The van der Waals surface area contributed by atoms with Crippen molar-refractivity contribution in [2.75, 3.05) is 5.43 Å². The third-order valence-corrected chi connectivity index (χ3v) is 3.82. The lowest BCUT2D eigenvalue weighted by Crippen LogP contribution is -2.30. The van der Waals surface area contributed by atoms with E-state index in [0.29, 0.717) is 11.3 Å². The van der Waals surface area contributed by atoms with Crippen LogP contribution in [0.2, 0.25) is 0 Å². The first-order chi connectivity index (χ1) is 13.3. The molecular weight excluding hydrogens is 378 g/mol. The maximum absolute atomic E-state index is 12.9. The van der Waals surface area contributed by atoms with Gasteiger partial charge in [-0.15, -0.1) is 0 Å². The lowest BCUT2D eigenvalue weighted by molar-refractivity contribution is -0.137. The standard InChI is InChI=1S/C19H15F4N3O2/c20-13-7-5-12(6-8-13)16-11-24-18(28-16)10-9-17(27)26-25-15-4-2-1-3-14(15)19(21,22)23/h1-8,11,25H,9-10H2,(H,26,27). The molecule has 1 heterocycles. The summed E-state index contributed by atoms with van der Waals surface area (Å²) in [6.07, 6.45) is -2.98. The summed E-state index contributed by atoms with van der Waals surface area (Å²) in [5, 5.41) is 0. The Balaban J connectivity index is 1.54. The third kappa shape index (κ3) is 4.87. The molecule has 2 aromatic carbocycles. The number of nitrogens with zero attached hydrogens (tertiary/aromatic N) is 1. The molecule has 0 unspecified atom stereocenters. The van der Waals surface area contributed by atoms with E-state index in [4.69, 9.17) is 4.42 Å². The quantitative estimate of drug-likeness (QED) is 0.475. The molecule has 146 valence electrons. The Morgan fingerprint density at radius 1 is 1.07 bits per heavy atom. The van der Waals surface area contributed by atoms with Gasteiger partial charge in [0.25, 0.3) is 0 Å². The van der Waals surface area contributed by atoms with Crippen molar-refractivity contribution in [3.63, 3.8) is 0 Å². The normalized spacial score (nSPS) is 11.3. The van der Waals surface area contributed by atoms with Gasteiger partial charge in [0, 0.05) is 18.4 Å². The van der Waals surface area contributed by atoms with Crippen molar-refractivity contribution in [1.82, 2.24) is 10.4 Å². The topological polar surface area (TPSA) is 67.2 Å². The minimum atomic E-state index is -4.54. The Labute approximate surface area is 157 Å². The molecule has 28 heavy (non-hydrogen) atoms. The molecule has 0 saturated heterocycles. The molecule has 0 radical (unpaired) electrons. The summed E-state index contributed by atoms with van der Waals surface area (Å²) < 4.78 is 57.2.